The van der Waals surface area contributed by atoms with Crippen molar-refractivity contribution in [2.75, 3.05) is 0 Å². The van der Waals surface area contributed by atoms with Gasteiger partial charge in [-0.3, -0.25) is 0 Å². The summed E-state index contributed by atoms with van der Waals surface area (Å²) in [6, 6.07) is 9.85. The minimum absolute atomic E-state index is 0.910. The summed E-state index contributed by atoms with van der Waals surface area (Å²) in [7, 11) is 0. The molecule has 4 aliphatic rings. The van der Waals surface area contributed by atoms with Crippen LogP contribution in [0.2, 0.25) is 0 Å². The molecule has 0 heteroatoms. The van der Waals surface area contributed by atoms with Crippen molar-refractivity contribution in [3.63, 3.8) is 0 Å². The fraction of sp³-hybridized carbons (Fsp3) is 0.700. The zero-order valence-electron chi connectivity index (χ0n) is 12.4. The van der Waals surface area contributed by atoms with Crippen LogP contribution in [-0.2, 0) is 0 Å². The summed E-state index contributed by atoms with van der Waals surface area (Å²) < 4.78 is 0. The summed E-state index contributed by atoms with van der Waals surface area (Å²) in [5.74, 6) is 6.00. The Kier molecular flexibility index (Phi) is 2.58. The van der Waals surface area contributed by atoms with E-state index in [2.05, 4.69) is 24.3 Å². The van der Waals surface area contributed by atoms with Gasteiger partial charge in [-0.25, -0.2) is 0 Å². The third-order valence-electron chi connectivity index (χ3n) is 7.24. The van der Waals surface area contributed by atoms with Gasteiger partial charge in [0.1, 0.15) is 0 Å². The average Bonchev–Trinajstić information content (AvgIpc) is 3.26. The highest BCUT2D eigenvalue weighted by Gasteiger charge is 2.42. The van der Waals surface area contributed by atoms with Gasteiger partial charge in [-0.2, -0.15) is 0 Å². The molecule has 0 amide bonds. The predicted molar refractivity (Wildman–Crippen MR) is 82.8 cm³/mol. The molecule has 4 saturated carbocycles. The Bertz CT molecular complexity index is 473. The van der Waals surface area contributed by atoms with Crippen LogP contribution in [0, 0.1) is 23.7 Å². The zero-order chi connectivity index (χ0) is 13.1. The first-order chi connectivity index (χ1) is 9.87. The molecule has 4 fully saturated rings. The molecular weight excluding hydrogens is 240 g/mol. The molecule has 4 aliphatic carbocycles. The van der Waals surface area contributed by atoms with E-state index in [4.69, 9.17) is 0 Å². The molecule has 6 atom stereocenters. The quantitative estimate of drug-likeness (QED) is 0.663. The Balaban J connectivity index is 1.43. The highest BCUT2D eigenvalue weighted by atomic mass is 14.5. The molecule has 0 aromatic heterocycles. The lowest BCUT2D eigenvalue weighted by molar-refractivity contribution is 0.412. The molecule has 0 saturated heterocycles. The second-order valence-electron chi connectivity index (χ2n) is 8.23. The summed E-state index contributed by atoms with van der Waals surface area (Å²) >= 11 is 0. The maximum atomic E-state index is 2.62. The van der Waals surface area contributed by atoms with E-state index in [9.17, 15) is 0 Å². The Morgan fingerprint density at radius 3 is 1.60 bits per heavy atom. The highest BCUT2D eigenvalue weighted by molar-refractivity contribution is 5.32. The molecule has 6 unspecified atom stereocenters. The van der Waals surface area contributed by atoms with Crippen molar-refractivity contribution in [3.05, 3.63) is 35.4 Å². The van der Waals surface area contributed by atoms with Gasteiger partial charge in [0.05, 0.1) is 0 Å². The lowest BCUT2D eigenvalue weighted by Crippen LogP contribution is -2.11. The van der Waals surface area contributed by atoms with Crippen molar-refractivity contribution >= 4 is 0 Å². The largest absolute Gasteiger partial charge is 0.0617 e. The first kappa shape index (κ1) is 11.8. The van der Waals surface area contributed by atoms with Gasteiger partial charge in [0.15, 0.2) is 0 Å². The second-order valence-corrected chi connectivity index (χ2v) is 8.23. The first-order valence-corrected chi connectivity index (χ1v) is 8.96. The van der Waals surface area contributed by atoms with Gasteiger partial charge in [-0.15, -0.1) is 0 Å². The van der Waals surface area contributed by atoms with Crippen molar-refractivity contribution < 1.29 is 0 Å². The van der Waals surface area contributed by atoms with Crippen LogP contribution in [-0.4, -0.2) is 0 Å². The molecule has 0 aliphatic heterocycles. The summed E-state index contributed by atoms with van der Waals surface area (Å²) in [5, 5.41) is 0. The second kappa shape index (κ2) is 4.36. The Morgan fingerprint density at radius 2 is 1.20 bits per heavy atom. The van der Waals surface area contributed by atoms with E-state index >= 15 is 0 Å². The van der Waals surface area contributed by atoms with Crippen LogP contribution in [0.25, 0.3) is 0 Å². The summed E-state index contributed by atoms with van der Waals surface area (Å²) in [5.41, 5.74) is 3.38. The molecule has 0 N–H and O–H groups in total. The van der Waals surface area contributed by atoms with E-state index in [0.717, 1.165) is 35.5 Å². The molecule has 20 heavy (non-hydrogen) atoms. The van der Waals surface area contributed by atoms with Crippen molar-refractivity contribution in [2.45, 2.75) is 63.2 Å². The maximum absolute atomic E-state index is 2.62. The number of hydrogen-bond donors (Lipinski definition) is 0. The van der Waals surface area contributed by atoms with Gasteiger partial charge in [-0.05, 0) is 85.2 Å². The lowest BCUT2D eigenvalue weighted by atomic mass is 9.79. The smallest absolute Gasteiger partial charge is 0.0131 e. The monoisotopic (exact) mass is 266 g/mol. The Hall–Kier alpha value is -0.780. The van der Waals surface area contributed by atoms with Gasteiger partial charge < -0.3 is 0 Å². The molecule has 5 rings (SSSR count). The maximum Gasteiger partial charge on any atom is -0.0131 e. The van der Waals surface area contributed by atoms with Gasteiger partial charge >= 0.3 is 0 Å². The molecule has 0 heterocycles. The van der Waals surface area contributed by atoms with Crippen molar-refractivity contribution in [1.29, 1.82) is 0 Å². The fourth-order valence-electron chi connectivity index (χ4n) is 6.33. The van der Waals surface area contributed by atoms with Crippen LogP contribution >= 0.6 is 0 Å². The van der Waals surface area contributed by atoms with Gasteiger partial charge in [0.25, 0.3) is 0 Å². The minimum Gasteiger partial charge on any atom is -0.0617 e. The van der Waals surface area contributed by atoms with Crippen molar-refractivity contribution in [2.24, 2.45) is 23.7 Å². The summed E-state index contributed by atoms with van der Waals surface area (Å²) in [6.45, 7) is 0. The van der Waals surface area contributed by atoms with Crippen LogP contribution in [0.4, 0.5) is 0 Å². The van der Waals surface area contributed by atoms with E-state index in [1.54, 1.807) is 11.1 Å². The van der Waals surface area contributed by atoms with Crippen LogP contribution in [0.15, 0.2) is 24.3 Å². The third kappa shape index (κ3) is 1.73. The van der Waals surface area contributed by atoms with Gasteiger partial charge in [-0.1, -0.05) is 37.1 Å². The van der Waals surface area contributed by atoms with Crippen LogP contribution in [0.5, 0.6) is 0 Å². The Morgan fingerprint density at radius 1 is 0.650 bits per heavy atom. The van der Waals surface area contributed by atoms with E-state index < -0.39 is 0 Å². The average molecular weight is 266 g/mol. The highest BCUT2D eigenvalue weighted by Crippen LogP contribution is 2.55. The molecule has 4 bridgehead atoms. The van der Waals surface area contributed by atoms with Crippen LogP contribution in [0.1, 0.15) is 74.3 Å². The molecule has 106 valence electrons. The molecule has 1 aromatic carbocycles. The predicted octanol–water partition coefficient (Wildman–Crippen LogP) is 5.49. The number of rotatable bonds is 2. The standard InChI is InChI=1S/C20H26/c1-2-15(19-10-13-4-6-17(19)8-13)12-16(3-1)20-11-14-5-7-18(20)9-14/h1-3,12-14,17-20H,4-11H2. The minimum atomic E-state index is 0.910. The number of benzene rings is 1. The Labute approximate surface area is 123 Å². The molecule has 0 radical (unpaired) electrons. The molecule has 0 nitrogen and oxygen atoms in total. The first-order valence-electron chi connectivity index (χ1n) is 8.96. The number of fused-ring (bicyclic) bond motifs is 4. The molecular formula is C20H26. The zero-order valence-corrected chi connectivity index (χ0v) is 12.4. The SMILES string of the molecule is c1cc(C2CC3CCC2C3)cc(C2CC3CCC2C3)c1. The van der Waals surface area contributed by atoms with Gasteiger partial charge in [0.2, 0.25) is 0 Å². The molecule has 0 spiro atoms. The fourth-order valence-corrected chi connectivity index (χ4v) is 6.33. The topological polar surface area (TPSA) is 0 Å². The van der Waals surface area contributed by atoms with E-state index in [1.165, 1.54) is 51.4 Å². The van der Waals surface area contributed by atoms with Gasteiger partial charge in [0, 0.05) is 0 Å². The normalized spacial score (nSPS) is 45.4. The van der Waals surface area contributed by atoms with E-state index in [-0.39, 0.29) is 0 Å². The van der Waals surface area contributed by atoms with E-state index in [0.29, 0.717) is 0 Å². The van der Waals surface area contributed by atoms with Crippen LogP contribution < -0.4 is 0 Å². The summed E-state index contributed by atoms with van der Waals surface area (Å²) in [6.07, 6.45) is 12.1. The summed E-state index contributed by atoms with van der Waals surface area (Å²) in [4.78, 5) is 0. The van der Waals surface area contributed by atoms with Crippen molar-refractivity contribution in [1.82, 2.24) is 0 Å². The number of hydrogen-bond acceptors (Lipinski definition) is 0. The van der Waals surface area contributed by atoms with Crippen molar-refractivity contribution in [3.8, 4) is 0 Å². The van der Waals surface area contributed by atoms with E-state index in [1.807, 2.05) is 0 Å². The van der Waals surface area contributed by atoms with Crippen LogP contribution in [0.3, 0.4) is 0 Å². The third-order valence-corrected chi connectivity index (χ3v) is 7.24. The molecule has 1 aromatic rings. The lowest BCUT2D eigenvalue weighted by Gasteiger charge is -2.26.